The molecule has 4 rings (SSSR count). The zero-order chi connectivity index (χ0) is 26.6. The molecule has 3 aromatic rings. The molecule has 0 aliphatic carbocycles. The Labute approximate surface area is 219 Å². The summed E-state index contributed by atoms with van der Waals surface area (Å²) in [5.74, 6) is -0.608. The zero-order valence-electron chi connectivity index (χ0n) is 20.6. The van der Waals surface area contributed by atoms with Crippen LogP contribution in [0, 0.1) is 5.82 Å². The highest BCUT2D eigenvalue weighted by molar-refractivity contribution is 7.88. The summed E-state index contributed by atoms with van der Waals surface area (Å²) >= 11 is 8.26. The predicted octanol–water partition coefficient (Wildman–Crippen LogP) is 4.57. The first-order chi connectivity index (χ1) is 16.7. The molecule has 1 aliphatic heterocycles. The molecule has 2 unspecified atom stereocenters. The van der Waals surface area contributed by atoms with Crippen LogP contribution < -0.4 is 10.2 Å². The minimum atomic E-state index is -3.33. The smallest absolute Gasteiger partial charge is 0.211 e. The number of aliphatic hydroxyl groups is 2. The molecule has 1 aromatic heterocycles. The van der Waals surface area contributed by atoms with E-state index in [1.807, 2.05) is 38.3 Å². The number of nitrogens with one attached hydrogen (secondary N) is 1. The van der Waals surface area contributed by atoms with Crippen molar-refractivity contribution >= 4 is 48.7 Å². The second-order valence-electron chi connectivity index (χ2n) is 9.92. The summed E-state index contributed by atoms with van der Waals surface area (Å²) in [5.41, 5.74) is 2.01. The molecule has 7 nitrogen and oxygen atoms in total. The molecule has 0 radical (unpaired) electrons. The number of benzene rings is 2. The van der Waals surface area contributed by atoms with E-state index >= 15 is 4.39 Å². The van der Waals surface area contributed by atoms with Gasteiger partial charge in [0.25, 0.3) is 0 Å². The van der Waals surface area contributed by atoms with Gasteiger partial charge in [0.2, 0.25) is 10.0 Å². The van der Waals surface area contributed by atoms with Crippen LogP contribution in [0.1, 0.15) is 31.9 Å². The molecule has 11 heteroatoms. The number of halogens is 2. The van der Waals surface area contributed by atoms with E-state index in [2.05, 4.69) is 5.32 Å². The van der Waals surface area contributed by atoms with Crippen molar-refractivity contribution in [2.75, 3.05) is 18.2 Å². The average Bonchev–Trinajstić information content (AvgIpc) is 3.15. The van der Waals surface area contributed by atoms with Crippen molar-refractivity contribution in [3.05, 3.63) is 63.9 Å². The second kappa shape index (κ2) is 9.68. The number of hydrogen-bond donors (Lipinski definition) is 3. The quantitative estimate of drug-likeness (QED) is 0.429. The third-order valence-electron chi connectivity index (χ3n) is 6.18. The molecule has 2 aromatic carbocycles. The first-order valence-electron chi connectivity index (χ1n) is 11.2. The van der Waals surface area contributed by atoms with Gasteiger partial charge in [0, 0.05) is 30.1 Å². The van der Waals surface area contributed by atoms with Crippen molar-refractivity contribution in [1.82, 2.24) is 9.62 Å². The van der Waals surface area contributed by atoms with Crippen LogP contribution in [0.15, 0.2) is 41.9 Å². The average molecular weight is 554 g/mol. The fourth-order valence-corrected chi connectivity index (χ4v) is 5.98. The summed E-state index contributed by atoms with van der Waals surface area (Å²) < 4.78 is 42.0. The molecule has 3 N–H and O–H groups in total. The maximum absolute atomic E-state index is 16.1. The summed E-state index contributed by atoms with van der Waals surface area (Å²) in [7, 11) is -1.81. The zero-order valence-corrected chi connectivity index (χ0v) is 23.0. The standard InChI is InChI=1S/C25H29ClFN3O4S2/c1-25(2,3)17-11-18(30-9-8-20(31)28-24(30)32)23(27)21(22(17)26)14-6-7-16-15(13-35-19(16)10-14)12-29(4)36(5,33)34/h6-11,13,20,24,28,31-32H,12H2,1-5H3. The third-order valence-corrected chi connectivity index (χ3v) is 8.83. The van der Waals surface area contributed by atoms with Gasteiger partial charge in [0.15, 0.2) is 12.2 Å². The first-order valence-corrected chi connectivity index (χ1v) is 14.3. The lowest BCUT2D eigenvalue weighted by molar-refractivity contribution is 0.0606. The fraction of sp³-hybridized carbons (Fsp3) is 0.360. The number of aliphatic hydroxyl groups excluding tert-OH is 2. The van der Waals surface area contributed by atoms with Gasteiger partial charge in [0.1, 0.15) is 6.23 Å². The van der Waals surface area contributed by atoms with Crippen LogP contribution in [0.5, 0.6) is 0 Å². The predicted molar refractivity (Wildman–Crippen MR) is 144 cm³/mol. The van der Waals surface area contributed by atoms with Gasteiger partial charge in [-0.3, -0.25) is 0 Å². The Morgan fingerprint density at radius 3 is 2.56 bits per heavy atom. The maximum Gasteiger partial charge on any atom is 0.211 e. The van der Waals surface area contributed by atoms with Gasteiger partial charge in [-0.15, -0.1) is 11.3 Å². The van der Waals surface area contributed by atoms with Gasteiger partial charge in [-0.2, -0.15) is 0 Å². The molecular formula is C25H29ClFN3O4S2. The van der Waals surface area contributed by atoms with Crippen molar-refractivity contribution in [3.8, 4) is 11.1 Å². The Bertz CT molecular complexity index is 1450. The van der Waals surface area contributed by atoms with Gasteiger partial charge in [-0.1, -0.05) is 44.5 Å². The Hall–Kier alpha value is -2.05. The fourth-order valence-electron chi connectivity index (χ4n) is 4.08. The molecular weight excluding hydrogens is 525 g/mol. The lowest BCUT2D eigenvalue weighted by Gasteiger charge is -2.34. The van der Waals surface area contributed by atoms with E-state index in [4.69, 9.17) is 11.6 Å². The highest BCUT2D eigenvalue weighted by Gasteiger charge is 2.30. The van der Waals surface area contributed by atoms with E-state index in [1.165, 1.54) is 39.9 Å². The number of nitrogens with zero attached hydrogens (tertiary/aromatic N) is 2. The van der Waals surface area contributed by atoms with Crippen LogP contribution in [0.2, 0.25) is 5.02 Å². The van der Waals surface area contributed by atoms with Crippen molar-refractivity contribution in [1.29, 1.82) is 0 Å². The van der Waals surface area contributed by atoms with Crippen LogP contribution in [0.3, 0.4) is 0 Å². The number of thiophene rings is 1. The summed E-state index contributed by atoms with van der Waals surface area (Å²) in [5, 5.41) is 25.8. The third kappa shape index (κ3) is 5.17. The number of hydrogen-bond acceptors (Lipinski definition) is 7. The summed E-state index contributed by atoms with van der Waals surface area (Å²) in [4.78, 5) is 1.31. The molecule has 0 bridgehead atoms. The summed E-state index contributed by atoms with van der Waals surface area (Å²) in [6, 6.07) is 7.08. The van der Waals surface area contributed by atoms with Crippen molar-refractivity contribution in [3.63, 3.8) is 0 Å². The molecule has 0 spiro atoms. The summed E-state index contributed by atoms with van der Waals surface area (Å²) in [6.45, 7) is 6.14. The van der Waals surface area contributed by atoms with E-state index in [9.17, 15) is 18.6 Å². The Kier molecular flexibility index (Phi) is 7.26. The van der Waals surface area contributed by atoms with Gasteiger partial charge < -0.3 is 15.1 Å². The van der Waals surface area contributed by atoms with Gasteiger partial charge in [0.05, 0.1) is 17.0 Å². The molecule has 0 amide bonds. The lowest BCUT2D eigenvalue weighted by Crippen LogP contribution is -2.50. The molecule has 2 atom stereocenters. The first kappa shape index (κ1) is 27.0. The molecule has 2 heterocycles. The van der Waals surface area contributed by atoms with Crippen LogP contribution in [0.25, 0.3) is 21.2 Å². The van der Waals surface area contributed by atoms with E-state index in [1.54, 1.807) is 12.1 Å². The lowest BCUT2D eigenvalue weighted by atomic mass is 9.84. The van der Waals surface area contributed by atoms with Gasteiger partial charge in [-0.25, -0.2) is 22.4 Å². The van der Waals surface area contributed by atoms with Crippen LogP contribution in [0.4, 0.5) is 10.1 Å². The van der Waals surface area contributed by atoms with Gasteiger partial charge in [-0.05, 0) is 51.1 Å². The number of rotatable bonds is 5. The van der Waals surface area contributed by atoms with Crippen LogP contribution in [-0.4, -0.2) is 48.8 Å². The maximum atomic E-state index is 16.1. The summed E-state index contributed by atoms with van der Waals surface area (Å²) in [6.07, 6.45) is 1.61. The Morgan fingerprint density at radius 1 is 1.25 bits per heavy atom. The van der Waals surface area contributed by atoms with Crippen LogP contribution >= 0.6 is 22.9 Å². The topological polar surface area (TPSA) is 93.1 Å². The molecule has 0 saturated carbocycles. The highest BCUT2D eigenvalue weighted by atomic mass is 35.5. The highest BCUT2D eigenvalue weighted by Crippen LogP contribution is 2.44. The van der Waals surface area contributed by atoms with Crippen molar-refractivity contribution < 1.29 is 23.0 Å². The molecule has 36 heavy (non-hydrogen) atoms. The minimum Gasteiger partial charge on any atom is -0.375 e. The Balaban J connectivity index is 1.87. The molecule has 194 valence electrons. The van der Waals surface area contributed by atoms with E-state index in [0.717, 1.165) is 21.9 Å². The van der Waals surface area contributed by atoms with E-state index in [0.29, 0.717) is 11.1 Å². The second-order valence-corrected chi connectivity index (χ2v) is 13.3. The van der Waals surface area contributed by atoms with E-state index in [-0.39, 0.29) is 22.8 Å². The monoisotopic (exact) mass is 553 g/mol. The number of fused-ring (bicyclic) bond motifs is 1. The number of sulfonamides is 1. The Morgan fingerprint density at radius 2 is 1.94 bits per heavy atom. The van der Waals surface area contributed by atoms with Crippen molar-refractivity contribution in [2.24, 2.45) is 0 Å². The van der Waals surface area contributed by atoms with Crippen molar-refractivity contribution in [2.45, 2.75) is 45.3 Å². The molecule has 0 saturated heterocycles. The van der Waals surface area contributed by atoms with Crippen LogP contribution in [-0.2, 0) is 22.0 Å². The van der Waals surface area contributed by atoms with Gasteiger partial charge >= 0.3 is 0 Å². The van der Waals surface area contributed by atoms with E-state index < -0.39 is 33.8 Å². The SMILES string of the molecule is CN(Cc1csc2cc(-c3c(F)c(N4C=CC(O)NC4O)cc(C(C)(C)C)c3Cl)ccc12)S(C)(=O)=O. The molecule has 1 aliphatic rings. The number of anilines is 1. The molecule has 0 fully saturated rings. The minimum absolute atomic E-state index is 0.115. The largest absolute Gasteiger partial charge is 0.375 e. The normalized spacial score (nSPS) is 19.0.